The van der Waals surface area contributed by atoms with E-state index in [1.54, 1.807) is 10.5 Å². The average molecular weight is 441 g/mol. The van der Waals surface area contributed by atoms with Crippen LogP contribution in [-0.4, -0.2) is 45.2 Å². The third kappa shape index (κ3) is 4.87. The van der Waals surface area contributed by atoms with Gasteiger partial charge in [-0.25, -0.2) is 18.1 Å². The third-order valence-electron chi connectivity index (χ3n) is 5.80. The number of hydrogen-bond donors (Lipinski definition) is 1. The Morgan fingerprint density at radius 2 is 1.97 bits per heavy atom. The molecule has 1 N–H and O–H groups in total. The lowest BCUT2D eigenvalue weighted by molar-refractivity contribution is 0.132. The van der Waals surface area contributed by atoms with E-state index in [2.05, 4.69) is 10.1 Å². The number of hydrogen-bond acceptors (Lipinski definition) is 5. The maximum absolute atomic E-state index is 13.6. The van der Waals surface area contributed by atoms with Crippen molar-refractivity contribution < 1.29 is 13.5 Å². The van der Waals surface area contributed by atoms with Crippen LogP contribution in [0.5, 0.6) is 0 Å². The number of sulfonamides is 1. The lowest BCUT2D eigenvalue weighted by Crippen LogP contribution is -2.40. The van der Waals surface area contributed by atoms with E-state index in [0.717, 1.165) is 36.8 Å². The molecule has 3 heterocycles. The van der Waals surface area contributed by atoms with Crippen LogP contribution in [0, 0.1) is 6.92 Å². The molecule has 8 heteroatoms. The van der Waals surface area contributed by atoms with Gasteiger partial charge in [0.1, 0.15) is 4.90 Å². The monoisotopic (exact) mass is 440 g/mol. The molecule has 0 saturated carbocycles. The summed E-state index contributed by atoms with van der Waals surface area (Å²) in [7, 11) is -3.75. The molecular formula is C23H28N4O3S. The van der Waals surface area contributed by atoms with Crippen LogP contribution in [-0.2, 0) is 10.0 Å². The van der Waals surface area contributed by atoms with Crippen molar-refractivity contribution in [2.75, 3.05) is 6.54 Å². The normalized spacial score (nSPS) is 19.1. The standard InChI is InChI=1S/C23H28N4O3S/c1-18-11-12-24-23(14-18)26-17-21(16-25-26)31(29,30)27-13-7-3-6-10-20(27)15-22(28)19-8-4-2-5-9-19/h2,4-5,8-9,11-12,14,16-17,20,22,28H,3,6-7,10,13,15H2,1H3/t20-,22-/m0/s1. The second-order valence-corrected chi connectivity index (χ2v) is 9.98. The SMILES string of the molecule is Cc1ccnc(-n2cc(S(=O)(=O)N3CCCCC[C@H]3C[C@H](O)c3ccccc3)cn2)c1. The number of rotatable bonds is 6. The number of nitrogens with zero attached hydrogens (tertiary/aromatic N) is 4. The molecular weight excluding hydrogens is 412 g/mol. The molecule has 0 unspecified atom stereocenters. The Hall–Kier alpha value is -2.55. The van der Waals surface area contributed by atoms with E-state index < -0.39 is 16.1 Å². The van der Waals surface area contributed by atoms with Gasteiger partial charge in [-0.15, -0.1) is 0 Å². The smallest absolute Gasteiger partial charge is 0.246 e. The first kappa shape index (κ1) is 21.7. The Morgan fingerprint density at radius 3 is 2.74 bits per heavy atom. The van der Waals surface area contributed by atoms with Crippen LogP contribution in [0.15, 0.2) is 66.0 Å². The molecule has 2 atom stereocenters. The molecule has 1 fully saturated rings. The fourth-order valence-electron chi connectivity index (χ4n) is 4.12. The van der Waals surface area contributed by atoms with E-state index in [1.807, 2.05) is 49.4 Å². The fraction of sp³-hybridized carbons (Fsp3) is 0.391. The van der Waals surface area contributed by atoms with Crippen LogP contribution in [0.4, 0.5) is 0 Å². The molecule has 7 nitrogen and oxygen atoms in total. The van der Waals surface area contributed by atoms with Gasteiger partial charge >= 0.3 is 0 Å². The second kappa shape index (κ2) is 9.30. The fourth-order valence-corrected chi connectivity index (χ4v) is 5.76. The quantitative estimate of drug-likeness (QED) is 0.632. The maximum Gasteiger partial charge on any atom is 0.246 e. The predicted molar refractivity (Wildman–Crippen MR) is 118 cm³/mol. The number of benzene rings is 1. The van der Waals surface area contributed by atoms with Crippen molar-refractivity contribution in [3.8, 4) is 5.82 Å². The first-order chi connectivity index (χ1) is 14.9. The summed E-state index contributed by atoms with van der Waals surface area (Å²) in [4.78, 5) is 4.43. The average Bonchev–Trinajstić information content (AvgIpc) is 3.16. The Morgan fingerprint density at radius 1 is 1.16 bits per heavy atom. The van der Waals surface area contributed by atoms with Crippen molar-refractivity contribution >= 4 is 10.0 Å². The van der Waals surface area contributed by atoms with Crippen LogP contribution in [0.25, 0.3) is 5.82 Å². The highest BCUT2D eigenvalue weighted by atomic mass is 32.2. The minimum absolute atomic E-state index is 0.150. The van der Waals surface area contributed by atoms with Gasteiger partial charge in [0.2, 0.25) is 10.0 Å². The molecule has 0 bridgehead atoms. The van der Waals surface area contributed by atoms with E-state index >= 15 is 0 Å². The predicted octanol–water partition coefficient (Wildman–Crippen LogP) is 3.63. The summed E-state index contributed by atoms with van der Waals surface area (Å²) in [6.45, 7) is 2.40. The van der Waals surface area contributed by atoms with Gasteiger partial charge in [0.15, 0.2) is 5.82 Å². The molecule has 31 heavy (non-hydrogen) atoms. The molecule has 1 aliphatic heterocycles. The molecule has 4 rings (SSSR count). The molecule has 2 aromatic heterocycles. The number of aliphatic hydroxyl groups is 1. The zero-order valence-electron chi connectivity index (χ0n) is 17.6. The summed E-state index contributed by atoms with van der Waals surface area (Å²) < 4.78 is 30.2. The Bertz CT molecular complexity index is 1110. The Balaban J connectivity index is 1.60. The van der Waals surface area contributed by atoms with Crippen LogP contribution in [0.2, 0.25) is 0 Å². The molecule has 0 radical (unpaired) electrons. The number of aromatic nitrogens is 3. The first-order valence-corrected chi connectivity index (χ1v) is 12.1. The minimum atomic E-state index is -3.75. The second-order valence-electron chi connectivity index (χ2n) is 8.09. The van der Waals surface area contributed by atoms with Gasteiger partial charge in [-0.1, -0.05) is 43.2 Å². The molecule has 0 amide bonds. The van der Waals surface area contributed by atoms with Gasteiger partial charge in [0.25, 0.3) is 0 Å². The Labute approximate surface area is 183 Å². The summed E-state index contributed by atoms with van der Waals surface area (Å²) in [5.74, 6) is 0.577. The summed E-state index contributed by atoms with van der Waals surface area (Å²) in [6, 6.07) is 12.9. The maximum atomic E-state index is 13.6. The van der Waals surface area contributed by atoms with E-state index in [1.165, 1.54) is 17.1 Å². The number of pyridine rings is 1. The summed E-state index contributed by atoms with van der Waals surface area (Å²) in [5, 5.41) is 15.0. The number of aryl methyl sites for hydroxylation is 1. The summed E-state index contributed by atoms with van der Waals surface area (Å²) in [5.41, 5.74) is 1.83. The van der Waals surface area contributed by atoms with Crippen molar-refractivity contribution in [3.63, 3.8) is 0 Å². The third-order valence-corrected chi connectivity index (χ3v) is 7.71. The van der Waals surface area contributed by atoms with Gasteiger partial charge in [-0.05, 0) is 49.4 Å². The van der Waals surface area contributed by atoms with Crippen LogP contribution < -0.4 is 0 Å². The molecule has 1 aliphatic rings. The first-order valence-electron chi connectivity index (χ1n) is 10.7. The topological polar surface area (TPSA) is 88.3 Å². The van der Waals surface area contributed by atoms with E-state index in [9.17, 15) is 13.5 Å². The molecule has 3 aromatic rings. The molecule has 0 spiro atoms. The van der Waals surface area contributed by atoms with Gasteiger partial charge in [-0.2, -0.15) is 9.40 Å². The zero-order chi connectivity index (χ0) is 21.8. The molecule has 0 aliphatic carbocycles. The van der Waals surface area contributed by atoms with Gasteiger partial charge in [-0.3, -0.25) is 0 Å². The van der Waals surface area contributed by atoms with Crippen molar-refractivity contribution in [1.82, 2.24) is 19.1 Å². The summed E-state index contributed by atoms with van der Waals surface area (Å²) >= 11 is 0. The largest absolute Gasteiger partial charge is 0.388 e. The van der Waals surface area contributed by atoms with E-state index in [4.69, 9.17) is 0 Å². The lowest BCUT2D eigenvalue weighted by atomic mass is 9.99. The van der Waals surface area contributed by atoms with Gasteiger partial charge < -0.3 is 5.11 Å². The highest BCUT2D eigenvalue weighted by molar-refractivity contribution is 7.89. The van der Waals surface area contributed by atoms with Crippen LogP contribution in [0.1, 0.15) is 49.3 Å². The highest BCUT2D eigenvalue weighted by Gasteiger charge is 2.34. The van der Waals surface area contributed by atoms with E-state index in [0.29, 0.717) is 18.8 Å². The molecule has 1 saturated heterocycles. The Kier molecular flexibility index (Phi) is 6.50. The van der Waals surface area contributed by atoms with Crippen molar-refractivity contribution in [3.05, 3.63) is 72.2 Å². The zero-order valence-corrected chi connectivity index (χ0v) is 18.4. The van der Waals surface area contributed by atoms with Crippen molar-refractivity contribution in [1.29, 1.82) is 0 Å². The minimum Gasteiger partial charge on any atom is -0.388 e. The number of aliphatic hydroxyl groups excluding tert-OH is 1. The highest BCUT2D eigenvalue weighted by Crippen LogP contribution is 2.30. The van der Waals surface area contributed by atoms with Gasteiger partial charge in [0, 0.05) is 18.8 Å². The van der Waals surface area contributed by atoms with E-state index in [-0.39, 0.29) is 10.9 Å². The molecule has 164 valence electrons. The molecule has 1 aromatic carbocycles. The van der Waals surface area contributed by atoms with Crippen LogP contribution in [0.3, 0.4) is 0 Å². The van der Waals surface area contributed by atoms with Crippen LogP contribution >= 0.6 is 0 Å². The lowest BCUT2D eigenvalue weighted by Gasteiger charge is -2.30. The summed E-state index contributed by atoms with van der Waals surface area (Å²) in [6.07, 6.45) is 7.72. The van der Waals surface area contributed by atoms with Gasteiger partial charge in [0.05, 0.1) is 18.5 Å². The van der Waals surface area contributed by atoms with Crippen molar-refractivity contribution in [2.45, 2.75) is 56.1 Å². The van der Waals surface area contributed by atoms with Crippen molar-refractivity contribution in [2.24, 2.45) is 0 Å².